The lowest BCUT2D eigenvalue weighted by Crippen LogP contribution is -1.81. The fourth-order valence-corrected chi connectivity index (χ4v) is 4.02. The van der Waals surface area contributed by atoms with E-state index in [4.69, 9.17) is 0 Å². The SMILES string of the molecule is [c]1c(-c2cccc3c2[nH]c2ccccc23)ccc2[nH]c3ccccc3c12. The molecule has 2 heteroatoms. The number of fused-ring (bicyclic) bond motifs is 6. The average Bonchev–Trinajstić information content (AvgIpc) is 3.25. The first kappa shape index (κ1) is 13.7. The molecule has 0 saturated carbocycles. The van der Waals surface area contributed by atoms with E-state index in [1.54, 1.807) is 0 Å². The summed E-state index contributed by atoms with van der Waals surface area (Å²) < 4.78 is 0. The first-order chi connectivity index (χ1) is 12.9. The Labute approximate surface area is 150 Å². The highest BCUT2D eigenvalue weighted by atomic mass is 14.7. The minimum absolute atomic E-state index is 1.11. The van der Waals surface area contributed by atoms with Crippen LogP contribution in [0, 0.1) is 6.07 Å². The van der Waals surface area contributed by atoms with Crippen LogP contribution in [0.15, 0.2) is 78.9 Å². The first-order valence-corrected chi connectivity index (χ1v) is 8.81. The minimum Gasteiger partial charge on any atom is -0.354 e. The normalized spacial score (nSPS) is 11.8. The van der Waals surface area contributed by atoms with Crippen LogP contribution in [0.3, 0.4) is 0 Å². The summed E-state index contributed by atoms with van der Waals surface area (Å²) in [6, 6.07) is 31.3. The molecule has 0 saturated heterocycles. The molecule has 121 valence electrons. The third-order valence-corrected chi connectivity index (χ3v) is 5.24. The third-order valence-electron chi connectivity index (χ3n) is 5.24. The summed E-state index contributed by atoms with van der Waals surface area (Å²) in [5.41, 5.74) is 6.91. The Balaban J connectivity index is 1.68. The van der Waals surface area contributed by atoms with Crippen LogP contribution in [-0.4, -0.2) is 9.97 Å². The summed E-state index contributed by atoms with van der Waals surface area (Å²) in [6.07, 6.45) is 0. The zero-order chi connectivity index (χ0) is 17.1. The van der Waals surface area contributed by atoms with Crippen molar-refractivity contribution in [1.29, 1.82) is 0 Å². The van der Waals surface area contributed by atoms with E-state index in [1.165, 1.54) is 32.8 Å². The predicted molar refractivity (Wildman–Crippen MR) is 109 cm³/mol. The molecule has 6 aromatic rings. The maximum absolute atomic E-state index is 3.65. The van der Waals surface area contributed by atoms with Crippen molar-refractivity contribution in [2.24, 2.45) is 0 Å². The zero-order valence-electron chi connectivity index (χ0n) is 14.0. The molecular formula is C24H15N2. The Bertz CT molecular complexity index is 1430. The number of H-pyrrole nitrogens is 2. The van der Waals surface area contributed by atoms with Gasteiger partial charge in [-0.05, 0) is 23.8 Å². The number of rotatable bonds is 1. The summed E-state index contributed by atoms with van der Waals surface area (Å²) >= 11 is 0. The minimum atomic E-state index is 1.11. The van der Waals surface area contributed by atoms with Gasteiger partial charge in [0.15, 0.2) is 0 Å². The topological polar surface area (TPSA) is 31.6 Å². The second kappa shape index (κ2) is 4.99. The molecule has 2 aromatic heterocycles. The number of benzene rings is 4. The maximum Gasteiger partial charge on any atom is 0.0544 e. The number of aromatic amines is 2. The standard InChI is InChI=1S/C24H15N2/c1-4-11-22-17(6-1)19-9-5-8-16(24(19)26-22)15-12-13-23-20(14-15)18-7-2-3-10-21(18)25-23/h1-13,25-26H. The lowest BCUT2D eigenvalue weighted by Gasteiger charge is -2.04. The molecule has 0 unspecified atom stereocenters. The summed E-state index contributed by atoms with van der Waals surface area (Å²) in [4.78, 5) is 7.07. The van der Waals surface area contributed by atoms with Crippen LogP contribution < -0.4 is 0 Å². The van der Waals surface area contributed by atoms with E-state index in [2.05, 4.69) is 94.9 Å². The molecule has 0 spiro atoms. The van der Waals surface area contributed by atoms with Gasteiger partial charge >= 0.3 is 0 Å². The summed E-state index contributed by atoms with van der Waals surface area (Å²) in [6.45, 7) is 0. The van der Waals surface area contributed by atoms with E-state index in [9.17, 15) is 0 Å². The molecule has 4 aromatic carbocycles. The summed E-state index contributed by atoms with van der Waals surface area (Å²) in [7, 11) is 0. The van der Waals surface area contributed by atoms with Gasteiger partial charge in [0.2, 0.25) is 0 Å². The monoisotopic (exact) mass is 331 g/mol. The van der Waals surface area contributed by atoms with E-state index in [0.717, 1.165) is 22.0 Å². The van der Waals surface area contributed by atoms with Crippen molar-refractivity contribution in [3.63, 3.8) is 0 Å². The molecule has 0 fully saturated rings. The van der Waals surface area contributed by atoms with Gasteiger partial charge in [0.1, 0.15) is 0 Å². The van der Waals surface area contributed by atoms with Crippen molar-refractivity contribution in [2.75, 3.05) is 0 Å². The van der Waals surface area contributed by atoms with E-state index < -0.39 is 0 Å². The van der Waals surface area contributed by atoms with Crippen molar-refractivity contribution >= 4 is 43.6 Å². The van der Waals surface area contributed by atoms with E-state index >= 15 is 0 Å². The van der Waals surface area contributed by atoms with Gasteiger partial charge in [-0.1, -0.05) is 60.7 Å². The molecule has 0 atom stereocenters. The molecule has 26 heavy (non-hydrogen) atoms. The van der Waals surface area contributed by atoms with Gasteiger partial charge < -0.3 is 9.97 Å². The highest BCUT2D eigenvalue weighted by Gasteiger charge is 2.11. The van der Waals surface area contributed by atoms with E-state index in [-0.39, 0.29) is 0 Å². The third kappa shape index (κ3) is 1.81. The second-order valence-corrected chi connectivity index (χ2v) is 6.73. The van der Waals surface area contributed by atoms with Crippen molar-refractivity contribution in [1.82, 2.24) is 9.97 Å². The van der Waals surface area contributed by atoms with Gasteiger partial charge in [-0.15, -0.1) is 0 Å². The van der Waals surface area contributed by atoms with Crippen LogP contribution in [0.5, 0.6) is 0 Å². The molecule has 0 bridgehead atoms. The van der Waals surface area contributed by atoms with Gasteiger partial charge in [-0.3, -0.25) is 0 Å². The fourth-order valence-electron chi connectivity index (χ4n) is 4.02. The Morgan fingerprint density at radius 3 is 2.15 bits per heavy atom. The van der Waals surface area contributed by atoms with Crippen molar-refractivity contribution in [2.45, 2.75) is 0 Å². The number of aromatic nitrogens is 2. The van der Waals surface area contributed by atoms with Gasteiger partial charge in [-0.25, -0.2) is 0 Å². The molecule has 0 amide bonds. The summed E-state index contributed by atoms with van der Waals surface area (Å²) in [5, 5.41) is 4.88. The second-order valence-electron chi connectivity index (χ2n) is 6.73. The van der Waals surface area contributed by atoms with Crippen LogP contribution in [0.1, 0.15) is 0 Å². The maximum atomic E-state index is 3.65. The van der Waals surface area contributed by atoms with Crippen LogP contribution >= 0.6 is 0 Å². The molecule has 2 nitrogen and oxygen atoms in total. The number of para-hydroxylation sites is 3. The quantitative estimate of drug-likeness (QED) is 0.348. The van der Waals surface area contributed by atoms with Crippen molar-refractivity contribution in [3.05, 3.63) is 84.9 Å². The number of hydrogen-bond donors (Lipinski definition) is 2. The van der Waals surface area contributed by atoms with Crippen molar-refractivity contribution in [3.8, 4) is 11.1 Å². The van der Waals surface area contributed by atoms with Gasteiger partial charge in [-0.2, -0.15) is 0 Å². The molecule has 2 N–H and O–H groups in total. The van der Waals surface area contributed by atoms with Crippen LogP contribution in [0.2, 0.25) is 0 Å². The zero-order valence-corrected chi connectivity index (χ0v) is 14.0. The molecule has 2 heterocycles. The Morgan fingerprint density at radius 2 is 1.27 bits per heavy atom. The number of hydrogen-bond acceptors (Lipinski definition) is 0. The summed E-state index contributed by atoms with van der Waals surface area (Å²) in [5.74, 6) is 0. The average molecular weight is 331 g/mol. The predicted octanol–water partition coefficient (Wildman–Crippen LogP) is 6.42. The highest BCUT2D eigenvalue weighted by molar-refractivity contribution is 6.13. The van der Waals surface area contributed by atoms with E-state index in [0.29, 0.717) is 0 Å². The molecule has 0 aliphatic heterocycles. The lowest BCUT2D eigenvalue weighted by atomic mass is 10.00. The Morgan fingerprint density at radius 1 is 0.538 bits per heavy atom. The van der Waals surface area contributed by atoms with Crippen LogP contribution in [0.4, 0.5) is 0 Å². The molecular weight excluding hydrogens is 316 g/mol. The van der Waals surface area contributed by atoms with Gasteiger partial charge in [0.05, 0.1) is 5.52 Å². The molecule has 6 rings (SSSR count). The lowest BCUT2D eigenvalue weighted by molar-refractivity contribution is 1.53. The van der Waals surface area contributed by atoms with Gasteiger partial charge in [0.25, 0.3) is 0 Å². The largest absolute Gasteiger partial charge is 0.354 e. The molecule has 1 radical (unpaired) electrons. The van der Waals surface area contributed by atoms with Crippen LogP contribution in [0.25, 0.3) is 54.7 Å². The Kier molecular flexibility index (Phi) is 2.64. The first-order valence-electron chi connectivity index (χ1n) is 8.81. The number of nitrogens with one attached hydrogen (secondary N) is 2. The fraction of sp³-hybridized carbons (Fsp3) is 0. The molecule has 0 aliphatic carbocycles. The highest BCUT2D eigenvalue weighted by Crippen LogP contribution is 2.35. The molecule has 0 aliphatic rings. The van der Waals surface area contributed by atoms with Crippen LogP contribution in [-0.2, 0) is 0 Å². The smallest absolute Gasteiger partial charge is 0.0544 e. The van der Waals surface area contributed by atoms with Gasteiger partial charge in [0, 0.05) is 49.7 Å². The van der Waals surface area contributed by atoms with Crippen molar-refractivity contribution < 1.29 is 0 Å². The van der Waals surface area contributed by atoms with E-state index in [1.807, 2.05) is 0 Å². The Hall–Kier alpha value is -3.52.